The van der Waals surface area contributed by atoms with E-state index in [4.69, 9.17) is 4.52 Å². The van der Waals surface area contributed by atoms with Crippen molar-refractivity contribution < 1.29 is 9.09 Å². The van der Waals surface area contributed by atoms with Crippen LogP contribution in [0.15, 0.2) is 60.7 Å². The quantitative estimate of drug-likeness (QED) is 0.615. The predicted octanol–water partition coefficient (Wildman–Crippen LogP) is 5.77. The van der Waals surface area contributed by atoms with Gasteiger partial charge < -0.3 is 4.52 Å². The van der Waals surface area contributed by atoms with E-state index in [0.717, 1.165) is 23.7 Å². The minimum Gasteiger partial charge on any atom is -0.311 e. The molecule has 1 aliphatic carbocycles. The monoisotopic (exact) mass is 385 g/mol. The van der Waals surface area contributed by atoms with Gasteiger partial charge in [-0.15, -0.1) is 0 Å². The zero-order chi connectivity index (χ0) is 19.3. The highest BCUT2D eigenvalue weighted by molar-refractivity contribution is 7.65. The van der Waals surface area contributed by atoms with Gasteiger partial charge in [-0.05, 0) is 48.3 Å². The van der Waals surface area contributed by atoms with E-state index >= 15 is 0 Å². The smallest absolute Gasteiger partial charge is 0.300 e. The van der Waals surface area contributed by atoms with Crippen molar-refractivity contribution in [2.24, 2.45) is 17.8 Å². The van der Waals surface area contributed by atoms with E-state index in [1.807, 2.05) is 60.7 Å². The summed E-state index contributed by atoms with van der Waals surface area (Å²) in [5.41, 5.74) is 1.11. The normalized spacial score (nSPS) is 25.3. The van der Waals surface area contributed by atoms with E-state index in [0.29, 0.717) is 24.3 Å². The van der Waals surface area contributed by atoms with Crippen LogP contribution in [0.25, 0.3) is 0 Å². The van der Waals surface area contributed by atoms with Crippen LogP contribution in [0.3, 0.4) is 0 Å². The van der Waals surface area contributed by atoms with Crippen molar-refractivity contribution in [1.29, 1.82) is 0 Å². The SMILES string of the molecule is CC(C)[C@@H]1CC[C@@H](C)C[C@H]1OP(=O)(NCc1ccccc1)c1ccccc1. The Morgan fingerprint density at radius 2 is 1.67 bits per heavy atom. The van der Waals surface area contributed by atoms with Crippen molar-refractivity contribution >= 4 is 12.8 Å². The fourth-order valence-corrected chi connectivity index (χ4v) is 5.99. The molecule has 4 heteroatoms. The van der Waals surface area contributed by atoms with Gasteiger partial charge in [-0.3, -0.25) is 4.57 Å². The Balaban J connectivity index is 1.84. The molecule has 27 heavy (non-hydrogen) atoms. The molecule has 1 unspecified atom stereocenters. The van der Waals surface area contributed by atoms with Gasteiger partial charge in [0.05, 0.1) is 11.4 Å². The number of benzene rings is 2. The summed E-state index contributed by atoms with van der Waals surface area (Å²) in [7, 11) is -3.16. The van der Waals surface area contributed by atoms with E-state index in [1.165, 1.54) is 6.42 Å². The summed E-state index contributed by atoms with van der Waals surface area (Å²) in [5.74, 6) is 1.60. The van der Waals surface area contributed by atoms with Crippen LogP contribution in [-0.4, -0.2) is 6.10 Å². The van der Waals surface area contributed by atoms with Crippen molar-refractivity contribution in [3.63, 3.8) is 0 Å². The molecular formula is C23H32NO2P. The number of rotatable bonds is 7. The highest BCUT2D eigenvalue weighted by Gasteiger charge is 2.37. The lowest BCUT2D eigenvalue weighted by Gasteiger charge is -2.39. The molecule has 0 saturated heterocycles. The van der Waals surface area contributed by atoms with Crippen molar-refractivity contribution in [3.8, 4) is 0 Å². The molecule has 0 heterocycles. The molecule has 1 N–H and O–H groups in total. The molecular weight excluding hydrogens is 353 g/mol. The van der Waals surface area contributed by atoms with Crippen LogP contribution in [0.4, 0.5) is 0 Å². The molecule has 2 aromatic carbocycles. The Labute approximate surface area is 164 Å². The topological polar surface area (TPSA) is 38.3 Å². The zero-order valence-electron chi connectivity index (χ0n) is 16.7. The fourth-order valence-electron chi connectivity index (χ4n) is 4.03. The molecule has 146 valence electrons. The first-order valence-electron chi connectivity index (χ1n) is 10.1. The summed E-state index contributed by atoms with van der Waals surface area (Å²) in [6.45, 7) is 7.31. The highest BCUT2D eigenvalue weighted by Crippen LogP contribution is 2.48. The second-order valence-corrected chi connectivity index (χ2v) is 10.3. The van der Waals surface area contributed by atoms with E-state index in [9.17, 15) is 4.57 Å². The van der Waals surface area contributed by atoms with Crippen LogP contribution in [0.1, 0.15) is 45.6 Å². The van der Waals surface area contributed by atoms with Gasteiger partial charge in [-0.25, -0.2) is 5.09 Å². The second kappa shape index (κ2) is 9.19. The average molecular weight is 385 g/mol. The number of hydrogen-bond acceptors (Lipinski definition) is 2. The van der Waals surface area contributed by atoms with E-state index < -0.39 is 7.52 Å². The molecule has 0 radical (unpaired) electrons. The van der Waals surface area contributed by atoms with Crippen LogP contribution in [0, 0.1) is 17.8 Å². The predicted molar refractivity (Wildman–Crippen MR) is 113 cm³/mol. The minimum atomic E-state index is -3.16. The Morgan fingerprint density at radius 1 is 1.04 bits per heavy atom. The van der Waals surface area contributed by atoms with Crippen LogP contribution < -0.4 is 10.4 Å². The third-order valence-corrected chi connectivity index (χ3v) is 7.80. The average Bonchev–Trinajstić information content (AvgIpc) is 2.68. The fraction of sp³-hybridized carbons (Fsp3) is 0.478. The van der Waals surface area contributed by atoms with Gasteiger partial charge in [0.1, 0.15) is 0 Å². The third-order valence-electron chi connectivity index (χ3n) is 5.68. The summed E-state index contributed by atoms with van der Waals surface area (Å²) < 4.78 is 20.5. The second-order valence-electron chi connectivity index (χ2n) is 8.18. The number of hydrogen-bond donors (Lipinski definition) is 1. The summed E-state index contributed by atoms with van der Waals surface area (Å²) in [4.78, 5) is 0. The molecule has 1 saturated carbocycles. The van der Waals surface area contributed by atoms with Gasteiger partial charge in [-0.2, -0.15) is 0 Å². The first-order chi connectivity index (χ1) is 13.0. The van der Waals surface area contributed by atoms with Crippen molar-refractivity contribution in [2.45, 2.75) is 52.7 Å². The molecule has 4 atom stereocenters. The van der Waals surface area contributed by atoms with Gasteiger partial charge in [0.2, 0.25) is 0 Å². The Hall–Kier alpha value is -1.41. The lowest BCUT2D eigenvalue weighted by atomic mass is 9.75. The molecule has 0 aromatic heterocycles. The summed E-state index contributed by atoms with van der Waals surface area (Å²) in [6, 6.07) is 19.7. The van der Waals surface area contributed by atoms with E-state index in [-0.39, 0.29) is 6.10 Å². The van der Waals surface area contributed by atoms with Gasteiger partial charge in [0, 0.05) is 6.54 Å². The maximum atomic E-state index is 14.0. The zero-order valence-corrected chi connectivity index (χ0v) is 17.6. The molecule has 3 rings (SSSR count). The molecule has 2 aromatic rings. The van der Waals surface area contributed by atoms with Crippen LogP contribution in [-0.2, 0) is 15.6 Å². The summed E-state index contributed by atoms with van der Waals surface area (Å²) >= 11 is 0. The van der Waals surface area contributed by atoms with Gasteiger partial charge >= 0.3 is 0 Å². The lowest BCUT2D eigenvalue weighted by molar-refractivity contribution is 0.0483. The Morgan fingerprint density at radius 3 is 2.30 bits per heavy atom. The molecule has 1 aliphatic rings. The molecule has 0 amide bonds. The molecule has 0 bridgehead atoms. The third kappa shape index (κ3) is 5.31. The van der Waals surface area contributed by atoms with Crippen LogP contribution in [0.5, 0.6) is 0 Å². The number of nitrogens with one attached hydrogen (secondary N) is 1. The standard InChI is InChI=1S/C23H32NO2P/c1-18(2)22-15-14-19(3)16-23(22)26-27(25,21-12-8-5-9-13-21)24-17-20-10-6-4-7-11-20/h4-13,18-19,22-23H,14-17H2,1-3H3,(H,24,25)/t19-,22+,23-,27?/m1/s1. The Kier molecular flexibility index (Phi) is 6.92. The largest absolute Gasteiger partial charge is 0.311 e. The molecule has 0 spiro atoms. The lowest BCUT2D eigenvalue weighted by Crippen LogP contribution is -2.36. The van der Waals surface area contributed by atoms with Crippen molar-refractivity contribution in [1.82, 2.24) is 5.09 Å². The minimum absolute atomic E-state index is 0.0306. The van der Waals surface area contributed by atoms with Gasteiger partial charge in [0.15, 0.2) is 0 Å². The van der Waals surface area contributed by atoms with Gasteiger partial charge in [0.25, 0.3) is 7.52 Å². The van der Waals surface area contributed by atoms with E-state index in [2.05, 4.69) is 25.9 Å². The molecule has 3 nitrogen and oxygen atoms in total. The maximum Gasteiger partial charge on any atom is 0.300 e. The van der Waals surface area contributed by atoms with Gasteiger partial charge in [-0.1, -0.05) is 75.7 Å². The first kappa shape index (κ1) is 20.3. The summed E-state index contributed by atoms with van der Waals surface area (Å²) in [5, 5.41) is 4.04. The highest BCUT2D eigenvalue weighted by atomic mass is 31.2. The summed E-state index contributed by atoms with van der Waals surface area (Å²) in [6.07, 6.45) is 3.39. The molecule has 0 aliphatic heterocycles. The maximum absolute atomic E-state index is 14.0. The van der Waals surface area contributed by atoms with Crippen LogP contribution in [0.2, 0.25) is 0 Å². The van der Waals surface area contributed by atoms with Crippen molar-refractivity contribution in [2.75, 3.05) is 0 Å². The van der Waals surface area contributed by atoms with Crippen LogP contribution >= 0.6 is 7.52 Å². The Bertz CT molecular complexity index is 747. The van der Waals surface area contributed by atoms with Crippen molar-refractivity contribution in [3.05, 3.63) is 66.2 Å². The van der Waals surface area contributed by atoms with E-state index in [1.54, 1.807) is 0 Å². The molecule has 1 fully saturated rings. The first-order valence-corrected chi connectivity index (χ1v) is 11.7.